The van der Waals surface area contributed by atoms with Crippen LogP contribution in [0, 0.1) is 5.92 Å². The Kier molecular flexibility index (Phi) is 4.50. The number of carbonyl (C=O) groups is 1. The molecule has 0 aromatic rings. The van der Waals surface area contributed by atoms with E-state index in [9.17, 15) is 4.79 Å². The second-order valence-corrected chi connectivity index (χ2v) is 3.98. The Morgan fingerprint density at radius 3 is 3.00 bits per heavy atom. The minimum atomic E-state index is -0.889. The van der Waals surface area contributed by atoms with E-state index in [-0.39, 0.29) is 0 Å². The molecule has 1 fully saturated rings. The Bertz CT molecular complexity index is 213. The highest BCUT2D eigenvalue weighted by Gasteiger charge is 2.19. The second-order valence-electron chi connectivity index (χ2n) is 3.98. The van der Waals surface area contributed by atoms with E-state index < -0.39 is 5.97 Å². The van der Waals surface area contributed by atoms with E-state index in [0.29, 0.717) is 6.04 Å². The van der Waals surface area contributed by atoms with Gasteiger partial charge in [-0.25, -0.2) is 4.79 Å². The molecule has 0 radical (unpaired) electrons. The largest absolute Gasteiger partial charge is 0.478 e. The molecule has 1 rings (SSSR count). The zero-order valence-corrected chi connectivity index (χ0v) is 8.70. The molecular weight excluding hydrogens is 178 g/mol. The topological polar surface area (TPSA) is 49.3 Å². The first kappa shape index (κ1) is 11.1. The number of carboxylic acid groups (broad SMARTS) is 1. The molecule has 1 saturated carbocycles. The molecule has 0 heterocycles. The van der Waals surface area contributed by atoms with Crippen molar-refractivity contribution < 1.29 is 9.90 Å². The van der Waals surface area contributed by atoms with E-state index >= 15 is 0 Å². The molecule has 0 spiro atoms. The van der Waals surface area contributed by atoms with Crippen molar-refractivity contribution in [1.82, 2.24) is 5.32 Å². The van der Waals surface area contributed by atoms with E-state index in [2.05, 4.69) is 12.2 Å². The minimum absolute atomic E-state index is 0.476. The van der Waals surface area contributed by atoms with Gasteiger partial charge >= 0.3 is 5.97 Å². The predicted octanol–water partition coefficient (Wildman–Crippen LogP) is 2.14. The van der Waals surface area contributed by atoms with Crippen LogP contribution in [-0.2, 0) is 4.79 Å². The lowest BCUT2D eigenvalue weighted by Gasteiger charge is -2.28. The van der Waals surface area contributed by atoms with Gasteiger partial charge in [-0.05, 0) is 18.8 Å². The van der Waals surface area contributed by atoms with Gasteiger partial charge in [-0.2, -0.15) is 0 Å². The quantitative estimate of drug-likeness (QED) is 0.679. The number of hydrogen-bond donors (Lipinski definition) is 2. The monoisotopic (exact) mass is 197 g/mol. The van der Waals surface area contributed by atoms with Crippen molar-refractivity contribution in [2.45, 2.75) is 45.1 Å². The SMILES string of the molecule is CCC1CCCC(N/C=C/C(=O)O)C1. The third-order valence-electron chi connectivity index (χ3n) is 2.92. The zero-order chi connectivity index (χ0) is 10.4. The van der Waals surface area contributed by atoms with E-state index in [1.165, 1.54) is 32.1 Å². The summed E-state index contributed by atoms with van der Waals surface area (Å²) < 4.78 is 0. The fraction of sp³-hybridized carbons (Fsp3) is 0.727. The summed E-state index contributed by atoms with van der Waals surface area (Å²) in [7, 11) is 0. The van der Waals surface area contributed by atoms with Gasteiger partial charge in [0.1, 0.15) is 0 Å². The standard InChI is InChI=1S/C11H19NO2/c1-2-9-4-3-5-10(8-9)12-7-6-11(13)14/h6-7,9-10,12H,2-5,8H2,1H3,(H,13,14)/b7-6+. The van der Waals surface area contributed by atoms with Crippen LogP contribution in [0.4, 0.5) is 0 Å². The van der Waals surface area contributed by atoms with Crippen LogP contribution in [0.15, 0.2) is 12.3 Å². The summed E-state index contributed by atoms with van der Waals surface area (Å²) in [6.45, 7) is 2.22. The highest BCUT2D eigenvalue weighted by atomic mass is 16.4. The van der Waals surface area contributed by atoms with E-state index in [0.717, 1.165) is 12.0 Å². The summed E-state index contributed by atoms with van der Waals surface area (Å²) in [6, 6.07) is 0.476. The summed E-state index contributed by atoms with van der Waals surface area (Å²) in [5, 5.41) is 11.6. The molecule has 2 unspecified atom stereocenters. The summed E-state index contributed by atoms with van der Waals surface area (Å²) in [4.78, 5) is 10.2. The van der Waals surface area contributed by atoms with Gasteiger partial charge in [0.15, 0.2) is 0 Å². The van der Waals surface area contributed by atoms with Gasteiger partial charge in [-0.15, -0.1) is 0 Å². The van der Waals surface area contributed by atoms with Gasteiger partial charge in [0, 0.05) is 18.3 Å². The van der Waals surface area contributed by atoms with Gasteiger partial charge in [0.25, 0.3) is 0 Å². The van der Waals surface area contributed by atoms with Crippen LogP contribution in [0.1, 0.15) is 39.0 Å². The average Bonchev–Trinajstić information content (AvgIpc) is 2.18. The fourth-order valence-electron chi connectivity index (χ4n) is 2.07. The summed E-state index contributed by atoms with van der Waals surface area (Å²) >= 11 is 0. The molecule has 80 valence electrons. The molecule has 0 aliphatic heterocycles. The van der Waals surface area contributed by atoms with Gasteiger partial charge in [-0.3, -0.25) is 0 Å². The Hall–Kier alpha value is -0.990. The molecule has 2 N–H and O–H groups in total. The van der Waals surface area contributed by atoms with Gasteiger partial charge in [-0.1, -0.05) is 26.2 Å². The maximum Gasteiger partial charge on any atom is 0.329 e. The molecule has 3 nitrogen and oxygen atoms in total. The van der Waals surface area contributed by atoms with Crippen LogP contribution in [0.2, 0.25) is 0 Å². The zero-order valence-electron chi connectivity index (χ0n) is 8.70. The van der Waals surface area contributed by atoms with E-state index in [1.807, 2.05) is 0 Å². The highest BCUT2D eigenvalue weighted by molar-refractivity contribution is 5.79. The molecule has 0 amide bonds. The predicted molar refractivity (Wildman–Crippen MR) is 55.9 cm³/mol. The normalized spacial score (nSPS) is 27.8. The number of carboxylic acids is 1. The molecular formula is C11H19NO2. The molecule has 0 aromatic carbocycles. The van der Waals surface area contributed by atoms with Crippen molar-refractivity contribution in [3.63, 3.8) is 0 Å². The Balaban J connectivity index is 2.27. The first-order valence-corrected chi connectivity index (χ1v) is 5.38. The van der Waals surface area contributed by atoms with Gasteiger partial charge in [0.2, 0.25) is 0 Å². The summed E-state index contributed by atoms with van der Waals surface area (Å²) in [5.74, 6) is -0.0696. The second kappa shape index (κ2) is 5.68. The van der Waals surface area contributed by atoms with Crippen molar-refractivity contribution in [2.24, 2.45) is 5.92 Å². The fourth-order valence-corrected chi connectivity index (χ4v) is 2.07. The van der Waals surface area contributed by atoms with Crippen molar-refractivity contribution >= 4 is 5.97 Å². The van der Waals surface area contributed by atoms with Crippen LogP contribution in [-0.4, -0.2) is 17.1 Å². The van der Waals surface area contributed by atoms with Crippen LogP contribution < -0.4 is 5.32 Å². The van der Waals surface area contributed by atoms with Crippen molar-refractivity contribution in [3.8, 4) is 0 Å². The third-order valence-corrected chi connectivity index (χ3v) is 2.92. The van der Waals surface area contributed by atoms with Gasteiger partial charge < -0.3 is 10.4 Å². The molecule has 3 heteroatoms. The highest BCUT2D eigenvalue weighted by Crippen LogP contribution is 2.26. The molecule has 14 heavy (non-hydrogen) atoms. The van der Waals surface area contributed by atoms with Crippen molar-refractivity contribution in [3.05, 3.63) is 12.3 Å². The first-order valence-electron chi connectivity index (χ1n) is 5.38. The first-order chi connectivity index (χ1) is 6.72. The van der Waals surface area contributed by atoms with E-state index in [1.54, 1.807) is 6.20 Å². The molecule has 0 saturated heterocycles. The average molecular weight is 197 g/mol. The maximum atomic E-state index is 10.2. The van der Waals surface area contributed by atoms with Crippen LogP contribution in [0.5, 0.6) is 0 Å². The molecule has 1 aliphatic carbocycles. The smallest absolute Gasteiger partial charge is 0.329 e. The third kappa shape index (κ3) is 3.81. The number of aliphatic carboxylic acids is 1. The molecule has 0 bridgehead atoms. The number of nitrogens with one attached hydrogen (secondary N) is 1. The molecule has 1 aliphatic rings. The lowest BCUT2D eigenvalue weighted by Crippen LogP contribution is -2.30. The van der Waals surface area contributed by atoms with Crippen LogP contribution in [0.25, 0.3) is 0 Å². The lowest BCUT2D eigenvalue weighted by molar-refractivity contribution is -0.131. The Morgan fingerprint density at radius 1 is 1.57 bits per heavy atom. The van der Waals surface area contributed by atoms with Crippen LogP contribution >= 0.6 is 0 Å². The maximum absolute atomic E-state index is 10.2. The minimum Gasteiger partial charge on any atom is -0.478 e. The van der Waals surface area contributed by atoms with Crippen molar-refractivity contribution in [1.29, 1.82) is 0 Å². The lowest BCUT2D eigenvalue weighted by atomic mass is 9.84. The van der Waals surface area contributed by atoms with Gasteiger partial charge in [0.05, 0.1) is 0 Å². The molecule has 0 aromatic heterocycles. The number of rotatable bonds is 4. The van der Waals surface area contributed by atoms with Crippen LogP contribution in [0.3, 0.4) is 0 Å². The molecule has 2 atom stereocenters. The Morgan fingerprint density at radius 2 is 2.36 bits per heavy atom. The van der Waals surface area contributed by atoms with Crippen molar-refractivity contribution in [2.75, 3.05) is 0 Å². The number of hydrogen-bond acceptors (Lipinski definition) is 2. The van der Waals surface area contributed by atoms with E-state index in [4.69, 9.17) is 5.11 Å². The summed E-state index contributed by atoms with van der Waals surface area (Å²) in [6.07, 6.45) is 8.90. The Labute approximate surface area is 85.2 Å². The summed E-state index contributed by atoms with van der Waals surface area (Å²) in [5.41, 5.74) is 0.